The van der Waals surface area contributed by atoms with E-state index in [0.717, 1.165) is 32.7 Å². The fraction of sp³-hybridized carbons (Fsp3) is 0.438. The van der Waals surface area contributed by atoms with Crippen LogP contribution in [0, 0.1) is 13.8 Å². The summed E-state index contributed by atoms with van der Waals surface area (Å²) in [6.07, 6.45) is 0. The molecule has 1 aliphatic heterocycles. The van der Waals surface area contributed by atoms with E-state index in [9.17, 15) is 0 Å². The first-order chi connectivity index (χ1) is 9.72. The zero-order valence-corrected chi connectivity index (χ0v) is 13.0. The molecule has 0 amide bonds. The molecule has 0 aliphatic carbocycles. The Morgan fingerprint density at radius 3 is 2.35 bits per heavy atom. The molecule has 3 nitrogen and oxygen atoms in total. The lowest BCUT2D eigenvalue weighted by molar-refractivity contribution is 0.251. The minimum Gasteiger partial charge on any atom is -0.369 e. The second kappa shape index (κ2) is 5.94. The van der Waals surface area contributed by atoms with Crippen LogP contribution in [0.1, 0.15) is 15.6 Å². The fourth-order valence-electron chi connectivity index (χ4n) is 2.73. The highest BCUT2D eigenvalue weighted by Crippen LogP contribution is 2.21. The third kappa shape index (κ3) is 3.02. The Bertz CT molecular complexity index is 556. The predicted octanol–water partition coefficient (Wildman–Crippen LogP) is 3.08. The summed E-state index contributed by atoms with van der Waals surface area (Å²) in [5.41, 5.74) is 2.55. The van der Waals surface area contributed by atoms with Gasteiger partial charge in [0.05, 0.1) is 10.7 Å². The maximum absolute atomic E-state index is 4.52. The molecule has 3 rings (SSSR count). The van der Waals surface area contributed by atoms with Crippen molar-refractivity contribution in [3.63, 3.8) is 0 Å². The first-order valence-corrected chi connectivity index (χ1v) is 7.99. The second-order valence-electron chi connectivity index (χ2n) is 5.34. The molecule has 1 aromatic carbocycles. The van der Waals surface area contributed by atoms with Crippen molar-refractivity contribution in [1.82, 2.24) is 9.88 Å². The normalized spacial score (nSPS) is 16.6. The van der Waals surface area contributed by atoms with Crippen LogP contribution in [-0.4, -0.2) is 36.1 Å². The molecular formula is C16H21N3S. The predicted molar refractivity (Wildman–Crippen MR) is 85.5 cm³/mol. The third-order valence-corrected chi connectivity index (χ3v) is 4.92. The molecule has 1 fully saturated rings. The molecule has 1 saturated heterocycles. The minimum absolute atomic E-state index is 1.06. The summed E-state index contributed by atoms with van der Waals surface area (Å²) >= 11 is 1.84. The number of benzene rings is 1. The topological polar surface area (TPSA) is 19.4 Å². The first kappa shape index (κ1) is 13.6. The van der Waals surface area contributed by atoms with Crippen molar-refractivity contribution in [2.75, 3.05) is 31.1 Å². The second-order valence-corrected chi connectivity index (χ2v) is 6.63. The number of hydrogen-bond acceptors (Lipinski definition) is 4. The van der Waals surface area contributed by atoms with E-state index in [-0.39, 0.29) is 0 Å². The zero-order chi connectivity index (χ0) is 13.9. The summed E-state index contributed by atoms with van der Waals surface area (Å²) in [4.78, 5) is 11.0. The van der Waals surface area contributed by atoms with Gasteiger partial charge in [-0.05, 0) is 26.0 Å². The number of thiazole rings is 1. The lowest BCUT2D eigenvalue weighted by Crippen LogP contribution is -2.45. The Labute approximate surface area is 124 Å². The molecule has 0 atom stereocenters. The van der Waals surface area contributed by atoms with Crippen molar-refractivity contribution in [2.24, 2.45) is 0 Å². The highest BCUT2D eigenvalue weighted by atomic mass is 32.1. The zero-order valence-electron chi connectivity index (χ0n) is 12.2. The van der Waals surface area contributed by atoms with Gasteiger partial charge in [0.1, 0.15) is 0 Å². The molecule has 20 heavy (non-hydrogen) atoms. The molecular weight excluding hydrogens is 266 g/mol. The Kier molecular flexibility index (Phi) is 4.03. The average molecular weight is 287 g/mol. The van der Waals surface area contributed by atoms with Crippen molar-refractivity contribution in [1.29, 1.82) is 0 Å². The van der Waals surface area contributed by atoms with Crippen molar-refractivity contribution in [2.45, 2.75) is 20.4 Å². The molecule has 4 heteroatoms. The number of hydrogen-bond donors (Lipinski definition) is 0. The third-order valence-electron chi connectivity index (χ3n) is 3.86. The molecule has 1 aliphatic rings. The van der Waals surface area contributed by atoms with Crippen LogP contribution < -0.4 is 4.90 Å². The van der Waals surface area contributed by atoms with Crippen LogP contribution >= 0.6 is 11.3 Å². The SMILES string of the molecule is Cc1nc(C)c(CN2CCN(c3ccccc3)CC2)s1. The summed E-state index contributed by atoms with van der Waals surface area (Å²) in [7, 11) is 0. The van der Waals surface area contributed by atoms with Crippen LogP contribution in [0.4, 0.5) is 5.69 Å². The Balaban J connectivity index is 1.58. The monoisotopic (exact) mass is 287 g/mol. The number of aryl methyl sites for hydroxylation is 2. The summed E-state index contributed by atoms with van der Waals surface area (Å²) < 4.78 is 0. The maximum atomic E-state index is 4.52. The van der Waals surface area contributed by atoms with Crippen molar-refractivity contribution in [3.8, 4) is 0 Å². The van der Waals surface area contributed by atoms with Gasteiger partial charge in [0, 0.05) is 43.3 Å². The molecule has 1 aromatic heterocycles. The summed E-state index contributed by atoms with van der Waals surface area (Å²) in [5.74, 6) is 0. The van der Waals surface area contributed by atoms with Gasteiger partial charge in [-0.3, -0.25) is 4.90 Å². The van der Waals surface area contributed by atoms with Gasteiger partial charge in [-0.25, -0.2) is 4.98 Å². The summed E-state index contributed by atoms with van der Waals surface area (Å²) in [5, 5.41) is 1.18. The number of piperazine rings is 1. The van der Waals surface area contributed by atoms with Crippen LogP contribution in [0.3, 0.4) is 0 Å². The standard InChI is InChI=1S/C16H21N3S/c1-13-16(20-14(2)17-13)12-18-8-10-19(11-9-18)15-6-4-3-5-7-15/h3-7H,8-12H2,1-2H3. The van der Waals surface area contributed by atoms with E-state index in [1.807, 2.05) is 11.3 Å². The molecule has 0 radical (unpaired) electrons. The van der Waals surface area contributed by atoms with Crippen molar-refractivity contribution >= 4 is 17.0 Å². The Hall–Kier alpha value is -1.39. The largest absolute Gasteiger partial charge is 0.369 e. The highest BCUT2D eigenvalue weighted by Gasteiger charge is 2.18. The van der Waals surface area contributed by atoms with Gasteiger partial charge >= 0.3 is 0 Å². The Morgan fingerprint density at radius 1 is 1.05 bits per heavy atom. The highest BCUT2D eigenvalue weighted by molar-refractivity contribution is 7.11. The minimum atomic E-state index is 1.06. The molecule has 106 valence electrons. The van der Waals surface area contributed by atoms with Crippen LogP contribution in [0.2, 0.25) is 0 Å². The molecule has 0 spiro atoms. The van der Waals surface area contributed by atoms with Crippen molar-refractivity contribution < 1.29 is 0 Å². The van der Waals surface area contributed by atoms with Crippen LogP contribution in [0.5, 0.6) is 0 Å². The van der Waals surface area contributed by atoms with E-state index in [4.69, 9.17) is 0 Å². The van der Waals surface area contributed by atoms with Gasteiger partial charge in [-0.15, -0.1) is 11.3 Å². The van der Waals surface area contributed by atoms with Crippen LogP contribution in [0.15, 0.2) is 30.3 Å². The molecule has 2 heterocycles. The molecule has 2 aromatic rings. The number of anilines is 1. The van der Waals surface area contributed by atoms with E-state index in [1.54, 1.807) is 0 Å². The van der Waals surface area contributed by atoms with E-state index in [0.29, 0.717) is 0 Å². The molecule has 0 N–H and O–H groups in total. The van der Waals surface area contributed by atoms with Gasteiger partial charge in [-0.1, -0.05) is 18.2 Å². The number of aromatic nitrogens is 1. The van der Waals surface area contributed by atoms with E-state index in [1.165, 1.54) is 21.3 Å². The summed E-state index contributed by atoms with van der Waals surface area (Å²) in [6.45, 7) is 9.76. The lowest BCUT2D eigenvalue weighted by Gasteiger charge is -2.36. The van der Waals surface area contributed by atoms with Gasteiger partial charge < -0.3 is 4.90 Å². The van der Waals surface area contributed by atoms with Crippen molar-refractivity contribution in [3.05, 3.63) is 45.9 Å². The number of rotatable bonds is 3. The van der Waals surface area contributed by atoms with E-state index < -0.39 is 0 Å². The molecule has 0 saturated carbocycles. The van der Waals surface area contributed by atoms with E-state index in [2.05, 4.69) is 59.0 Å². The Morgan fingerprint density at radius 2 is 1.75 bits per heavy atom. The van der Waals surface area contributed by atoms with Crippen LogP contribution in [-0.2, 0) is 6.54 Å². The maximum Gasteiger partial charge on any atom is 0.0900 e. The molecule has 0 unspecified atom stereocenters. The lowest BCUT2D eigenvalue weighted by atomic mass is 10.2. The smallest absolute Gasteiger partial charge is 0.0900 e. The molecule has 0 bridgehead atoms. The average Bonchev–Trinajstić information content (AvgIpc) is 2.79. The first-order valence-electron chi connectivity index (χ1n) is 7.17. The quantitative estimate of drug-likeness (QED) is 0.865. The van der Waals surface area contributed by atoms with E-state index >= 15 is 0 Å². The summed E-state index contributed by atoms with van der Waals surface area (Å²) in [6, 6.07) is 10.7. The van der Waals surface area contributed by atoms with Crippen LogP contribution in [0.25, 0.3) is 0 Å². The van der Waals surface area contributed by atoms with Gasteiger partial charge in [0.15, 0.2) is 0 Å². The number of para-hydroxylation sites is 1. The van der Waals surface area contributed by atoms with Gasteiger partial charge in [0.25, 0.3) is 0 Å². The fourth-order valence-corrected chi connectivity index (χ4v) is 3.71. The van der Waals surface area contributed by atoms with Gasteiger partial charge in [0.2, 0.25) is 0 Å². The number of nitrogens with zero attached hydrogens (tertiary/aromatic N) is 3. The van der Waals surface area contributed by atoms with Gasteiger partial charge in [-0.2, -0.15) is 0 Å².